The summed E-state index contributed by atoms with van der Waals surface area (Å²) in [6.07, 6.45) is 3.43. The van der Waals surface area contributed by atoms with Crippen molar-refractivity contribution in [3.8, 4) is 11.4 Å². The second kappa shape index (κ2) is 8.66. The van der Waals surface area contributed by atoms with Gasteiger partial charge >= 0.3 is 0 Å². The van der Waals surface area contributed by atoms with Crippen LogP contribution < -0.4 is 5.32 Å². The second-order valence-electron chi connectivity index (χ2n) is 5.25. The van der Waals surface area contributed by atoms with E-state index in [4.69, 9.17) is 11.6 Å². The van der Waals surface area contributed by atoms with E-state index in [0.29, 0.717) is 22.4 Å². The molecule has 1 amide bonds. The lowest BCUT2D eigenvalue weighted by Crippen LogP contribution is -2.15. The van der Waals surface area contributed by atoms with Crippen molar-refractivity contribution in [2.75, 3.05) is 11.1 Å². The van der Waals surface area contributed by atoms with Crippen LogP contribution in [0.5, 0.6) is 0 Å². The number of benzene rings is 1. The number of aromatic nitrogens is 4. The van der Waals surface area contributed by atoms with Crippen molar-refractivity contribution in [2.45, 2.75) is 18.6 Å². The van der Waals surface area contributed by atoms with Gasteiger partial charge in [0.2, 0.25) is 5.91 Å². The lowest BCUT2D eigenvalue weighted by atomic mass is 10.2. The number of thioether (sulfide) groups is 1. The van der Waals surface area contributed by atoms with Gasteiger partial charge in [0.1, 0.15) is 0 Å². The van der Waals surface area contributed by atoms with E-state index < -0.39 is 0 Å². The first kappa shape index (κ1) is 18.9. The van der Waals surface area contributed by atoms with Gasteiger partial charge in [0, 0.05) is 29.0 Å². The summed E-state index contributed by atoms with van der Waals surface area (Å²) in [6.45, 7) is 2.72. The Hall–Kier alpha value is -1.90. The topological polar surface area (TPSA) is 72.7 Å². The summed E-state index contributed by atoms with van der Waals surface area (Å²) in [4.78, 5) is 16.2. The van der Waals surface area contributed by atoms with Crippen LogP contribution in [-0.4, -0.2) is 31.4 Å². The van der Waals surface area contributed by atoms with Gasteiger partial charge in [-0.3, -0.25) is 9.78 Å². The summed E-state index contributed by atoms with van der Waals surface area (Å²) in [5, 5.41) is 12.4. The maximum Gasteiger partial charge on any atom is 0.234 e. The van der Waals surface area contributed by atoms with Crippen molar-refractivity contribution >= 4 is 50.9 Å². The third kappa shape index (κ3) is 4.44. The molecule has 0 radical (unpaired) electrons. The fraction of sp³-hybridized carbons (Fsp3) is 0.176. The monoisotopic (exact) mass is 451 g/mol. The Morgan fingerprint density at radius 1 is 1.27 bits per heavy atom. The van der Waals surface area contributed by atoms with E-state index in [1.165, 1.54) is 11.8 Å². The van der Waals surface area contributed by atoms with Gasteiger partial charge in [0.15, 0.2) is 11.0 Å². The summed E-state index contributed by atoms with van der Waals surface area (Å²) in [5.74, 6) is 0.810. The van der Waals surface area contributed by atoms with Gasteiger partial charge in [0.05, 0.1) is 16.5 Å². The SMILES string of the molecule is CCn1c(SCC(=O)Nc2ccc(Br)cc2Cl)nnc1-c1ccncc1. The van der Waals surface area contributed by atoms with Crippen LogP contribution in [0.2, 0.25) is 5.02 Å². The molecule has 2 aromatic heterocycles. The van der Waals surface area contributed by atoms with Gasteiger partial charge in [-0.25, -0.2) is 0 Å². The van der Waals surface area contributed by atoms with Crippen molar-refractivity contribution in [2.24, 2.45) is 0 Å². The molecule has 0 saturated heterocycles. The number of anilines is 1. The molecule has 0 spiro atoms. The van der Waals surface area contributed by atoms with Crippen LogP contribution >= 0.6 is 39.3 Å². The summed E-state index contributed by atoms with van der Waals surface area (Å²) >= 11 is 10.8. The zero-order chi connectivity index (χ0) is 18.5. The molecule has 1 N–H and O–H groups in total. The van der Waals surface area contributed by atoms with E-state index in [1.807, 2.05) is 29.7 Å². The van der Waals surface area contributed by atoms with Gasteiger partial charge in [-0.2, -0.15) is 0 Å². The molecular weight excluding hydrogens is 438 g/mol. The Balaban J connectivity index is 1.68. The van der Waals surface area contributed by atoms with E-state index >= 15 is 0 Å². The maximum absolute atomic E-state index is 12.2. The zero-order valence-electron chi connectivity index (χ0n) is 13.8. The number of amides is 1. The highest BCUT2D eigenvalue weighted by molar-refractivity contribution is 9.10. The van der Waals surface area contributed by atoms with Crippen LogP contribution in [-0.2, 0) is 11.3 Å². The van der Waals surface area contributed by atoms with Crippen molar-refractivity contribution in [3.05, 3.63) is 52.2 Å². The Kier molecular flexibility index (Phi) is 6.29. The number of nitrogens with zero attached hydrogens (tertiary/aromatic N) is 4. The Bertz CT molecular complexity index is 919. The van der Waals surface area contributed by atoms with Gasteiger partial charge in [-0.05, 0) is 37.3 Å². The number of carbonyl (C=O) groups is 1. The van der Waals surface area contributed by atoms with Gasteiger partial charge < -0.3 is 9.88 Å². The van der Waals surface area contributed by atoms with Crippen molar-refractivity contribution in [1.82, 2.24) is 19.7 Å². The van der Waals surface area contributed by atoms with Crippen LogP contribution in [0.1, 0.15) is 6.92 Å². The predicted octanol–water partition coefficient (Wildman–Crippen LogP) is 4.51. The molecule has 0 aliphatic rings. The maximum atomic E-state index is 12.2. The predicted molar refractivity (Wildman–Crippen MR) is 107 cm³/mol. The van der Waals surface area contributed by atoms with Crippen LogP contribution in [0.4, 0.5) is 5.69 Å². The fourth-order valence-electron chi connectivity index (χ4n) is 2.30. The molecule has 1 aromatic carbocycles. The van der Waals surface area contributed by atoms with Gasteiger partial charge in [-0.15, -0.1) is 10.2 Å². The molecule has 0 aliphatic heterocycles. The summed E-state index contributed by atoms with van der Waals surface area (Å²) < 4.78 is 2.83. The highest BCUT2D eigenvalue weighted by Gasteiger charge is 2.15. The van der Waals surface area contributed by atoms with Gasteiger partial charge in [0.25, 0.3) is 0 Å². The molecule has 0 aliphatic carbocycles. The molecule has 0 saturated carbocycles. The third-order valence-electron chi connectivity index (χ3n) is 3.51. The molecule has 26 heavy (non-hydrogen) atoms. The average molecular weight is 453 g/mol. The Morgan fingerprint density at radius 2 is 2.04 bits per heavy atom. The third-order valence-corrected chi connectivity index (χ3v) is 5.28. The molecule has 3 aromatic rings. The first-order chi connectivity index (χ1) is 12.6. The minimum Gasteiger partial charge on any atom is -0.324 e. The second-order valence-corrected chi connectivity index (χ2v) is 7.51. The van der Waals surface area contributed by atoms with E-state index in [2.05, 4.69) is 36.4 Å². The molecule has 134 valence electrons. The minimum atomic E-state index is -0.157. The highest BCUT2D eigenvalue weighted by atomic mass is 79.9. The summed E-state index contributed by atoms with van der Waals surface area (Å²) in [5.41, 5.74) is 1.52. The molecule has 0 unspecified atom stereocenters. The van der Waals surface area contributed by atoms with E-state index in [-0.39, 0.29) is 11.7 Å². The van der Waals surface area contributed by atoms with Crippen LogP contribution in [0.25, 0.3) is 11.4 Å². The fourth-order valence-corrected chi connectivity index (χ4v) is 3.83. The Labute approximate surface area is 168 Å². The molecular formula is C17H15BrClN5OS. The number of pyridine rings is 1. The lowest BCUT2D eigenvalue weighted by molar-refractivity contribution is -0.113. The molecule has 0 atom stereocenters. The first-order valence-corrected chi connectivity index (χ1v) is 9.95. The molecule has 6 nitrogen and oxygen atoms in total. The van der Waals surface area contributed by atoms with Crippen LogP contribution in [0, 0.1) is 0 Å². The number of carbonyl (C=O) groups excluding carboxylic acids is 1. The number of hydrogen-bond acceptors (Lipinski definition) is 5. The Morgan fingerprint density at radius 3 is 2.73 bits per heavy atom. The van der Waals surface area contributed by atoms with Crippen molar-refractivity contribution < 1.29 is 4.79 Å². The first-order valence-electron chi connectivity index (χ1n) is 7.79. The van der Waals surface area contributed by atoms with E-state index in [0.717, 1.165) is 15.9 Å². The molecule has 0 fully saturated rings. The van der Waals surface area contributed by atoms with E-state index in [9.17, 15) is 4.79 Å². The largest absolute Gasteiger partial charge is 0.324 e. The quantitative estimate of drug-likeness (QED) is 0.557. The molecule has 2 heterocycles. The van der Waals surface area contributed by atoms with Crippen LogP contribution in [0.15, 0.2) is 52.4 Å². The molecule has 3 rings (SSSR count). The summed E-state index contributed by atoms with van der Waals surface area (Å²) in [7, 11) is 0. The smallest absolute Gasteiger partial charge is 0.234 e. The lowest BCUT2D eigenvalue weighted by Gasteiger charge is -2.09. The zero-order valence-corrected chi connectivity index (χ0v) is 17.0. The normalized spacial score (nSPS) is 10.7. The number of hydrogen-bond donors (Lipinski definition) is 1. The summed E-state index contributed by atoms with van der Waals surface area (Å²) in [6, 6.07) is 9.08. The van der Waals surface area contributed by atoms with Crippen LogP contribution in [0.3, 0.4) is 0 Å². The van der Waals surface area contributed by atoms with E-state index in [1.54, 1.807) is 24.5 Å². The molecule has 0 bridgehead atoms. The average Bonchev–Trinajstić information content (AvgIpc) is 3.06. The standard InChI is InChI=1S/C17H15BrClN5OS/c1-2-24-16(11-5-7-20-8-6-11)22-23-17(24)26-10-15(25)21-14-4-3-12(18)9-13(14)19/h3-9H,2,10H2,1H3,(H,21,25). The number of rotatable bonds is 6. The van der Waals surface area contributed by atoms with Gasteiger partial charge in [-0.1, -0.05) is 39.3 Å². The number of nitrogens with one attached hydrogen (secondary N) is 1. The number of halogens is 2. The highest BCUT2D eigenvalue weighted by Crippen LogP contribution is 2.27. The van der Waals surface area contributed by atoms with Crippen molar-refractivity contribution in [3.63, 3.8) is 0 Å². The van der Waals surface area contributed by atoms with Crippen molar-refractivity contribution in [1.29, 1.82) is 0 Å². The minimum absolute atomic E-state index is 0.157. The molecule has 9 heteroatoms.